The first-order chi connectivity index (χ1) is 15.9. The number of aryl methyl sites for hydroxylation is 1. The molecule has 0 spiro atoms. The summed E-state index contributed by atoms with van der Waals surface area (Å²) in [5.74, 6) is -0.152. The van der Waals surface area contributed by atoms with E-state index in [1.807, 2.05) is 31.2 Å². The number of benzene rings is 2. The molecule has 0 saturated heterocycles. The zero-order valence-electron chi connectivity index (χ0n) is 17.2. The molecular formula is C23H15N5O4S. The molecule has 0 bridgehead atoms. The lowest BCUT2D eigenvalue weighted by atomic mass is 10.1. The molecule has 2 aliphatic heterocycles. The molecule has 0 atom stereocenters. The monoisotopic (exact) mass is 457 g/mol. The quantitative estimate of drug-likeness (QED) is 0.340. The lowest BCUT2D eigenvalue weighted by Crippen LogP contribution is -2.35. The van der Waals surface area contributed by atoms with E-state index >= 15 is 0 Å². The average molecular weight is 457 g/mol. The van der Waals surface area contributed by atoms with Crippen molar-refractivity contribution in [1.82, 2.24) is 5.01 Å². The van der Waals surface area contributed by atoms with Crippen molar-refractivity contribution >= 4 is 45.5 Å². The van der Waals surface area contributed by atoms with Crippen LogP contribution in [0.2, 0.25) is 0 Å². The summed E-state index contributed by atoms with van der Waals surface area (Å²) in [5, 5.41) is 26.6. The van der Waals surface area contributed by atoms with E-state index < -0.39 is 10.8 Å². The van der Waals surface area contributed by atoms with Gasteiger partial charge >= 0.3 is 0 Å². The molecule has 2 aromatic carbocycles. The van der Waals surface area contributed by atoms with Gasteiger partial charge in [-0.15, -0.1) is 0 Å². The first-order valence-electron chi connectivity index (χ1n) is 9.81. The largest absolute Gasteiger partial charge is 0.456 e. The summed E-state index contributed by atoms with van der Waals surface area (Å²) in [5.41, 5.74) is 2.19. The van der Waals surface area contributed by atoms with Gasteiger partial charge in [0.2, 0.25) is 5.17 Å². The van der Waals surface area contributed by atoms with Crippen LogP contribution < -0.4 is 0 Å². The number of thioether (sulfide) groups is 1. The zero-order valence-corrected chi connectivity index (χ0v) is 18.0. The van der Waals surface area contributed by atoms with Gasteiger partial charge in [-0.3, -0.25) is 20.3 Å². The van der Waals surface area contributed by atoms with Crippen LogP contribution in [0, 0.1) is 22.4 Å². The Hall–Kier alpha value is -4.31. The summed E-state index contributed by atoms with van der Waals surface area (Å²) < 4.78 is 5.74. The third kappa shape index (κ3) is 3.76. The summed E-state index contributed by atoms with van der Waals surface area (Å²) in [6, 6.07) is 17.2. The summed E-state index contributed by atoms with van der Waals surface area (Å²) in [7, 11) is 0. The summed E-state index contributed by atoms with van der Waals surface area (Å²) in [6.07, 6.45) is 1.40. The van der Waals surface area contributed by atoms with Gasteiger partial charge in [-0.25, -0.2) is 0 Å². The van der Waals surface area contributed by atoms with E-state index in [0.29, 0.717) is 15.8 Å². The highest BCUT2D eigenvalue weighted by Crippen LogP contribution is 2.33. The normalized spacial score (nSPS) is 16.6. The van der Waals surface area contributed by atoms with Crippen LogP contribution in [0.3, 0.4) is 0 Å². The van der Waals surface area contributed by atoms with Crippen molar-refractivity contribution in [2.45, 2.75) is 6.92 Å². The second kappa shape index (κ2) is 7.99. The lowest BCUT2D eigenvalue weighted by molar-refractivity contribution is -0.384. The number of para-hydroxylation sites is 1. The SMILES string of the molecule is Cc1cccc(C2=NN3C(=N)/C(=C\c4ccc(-c5ccccc5[N+](=O)[O-])o4)C(=O)N=C3S2)c1. The molecule has 3 heterocycles. The molecule has 2 aliphatic rings. The molecule has 1 amide bonds. The Kier molecular flexibility index (Phi) is 4.98. The topological polar surface area (TPSA) is 125 Å². The molecule has 0 radical (unpaired) electrons. The first-order valence-corrected chi connectivity index (χ1v) is 10.6. The number of nitrogens with zero attached hydrogens (tertiary/aromatic N) is 4. The molecule has 1 N–H and O–H groups in total. The number of fused-ring (bicyclic) bond motifs is 1. The Labute approximate surface area is 191 Å². The third-order valence-electron chi connectivity index (χ3n) is 5.00. The van der Waals surface area contributed by atoms with Gasteiger partial charge in [0.25, 0.3) is 11.6 Å². The number of carbonyl (C=O) groups is 1. The van der Waals surface area contributed by atoms with E-state index in [0.717, 1.165) is 11.1 Å². The molecule has 33 heavy (non-hydrogen) atoms. The fraction of sp³-hybridized carbons (Fsp3) is 0.0435. The Bertz CT molecular complexity index is 1440. The minimum absolute atomic E-state index is 0.0112. The van der Waals surface area contributed by atoms with Crippen LogP contribution in [0.25, 0.3) is 17.4 Å². The van der Waals surface area contributed by atoms with Gasteiger partial charge < -0.3 is 4.42 Å². The van der Waals surface area contributed by atoms with Crippen molar-refractivity contribution in [3.8, 4) is 11.3 Å². The minimum Gasteiger partial charge on any atom is -0.456 e. The van der Waals surface area contributed by atoms with Gasteiger partial charge in [0.05, 0.1) is 16.1 Å². The number of rotatable bonds is 4. The van der Waals surface area contributed by atoms with Crippen LogP contribution in [0.15, 0.2) is 80.7 Å². The van der Waals surface area contributed by atoms with Crippen molar-refractivity contribution in [1.29, 1.82) is 5.41 Å². The standard InChI is InChI=1S/C23H15N5O4S/c1-13-5-4-6-14(11-13)22-26-27-20(24)17(21(29)25-23(27)33-22)12-15-9-10-19(32-15)16-7-2-3-8-18(16)28(30)31/h2-12,24H,1H3/b17-12+,24-20?. The van der Waals surface area contributed by atoms with E-state index in [-0.39, 0.29) is 28.6 Å². The Morgan fingerprint density at radius 3 is 2.76 bits per heavy atom. The number of furan rings is 1. The lowest BCUT2D eigenvalue weighted by Gasteiger charge is -2.19. The molecule has 162 valence electrons. The first kappa shape index (κ1) is 20.6. The van der Waals surface area contributed by atoms with E-state index in [1.54, 1.807) is 30.3 Å². The van der Waals surface area contributed by atoms with Crippen molar-refractivity contribution in [2.24, 2.45) is 10.1 Å². The van der Waals surface area contributed by atoms with Crippen LogP contribution >= 0.6 is 11.8 Å². The van der Waals surface area contributed by atoms with Crippen molar-refractivity contribution in [2.75, 3.05) is 0 Å². The maximum atomic E-state index is 12.7. The van der Waals surface area contributed by atoms with Crippen LogP contribution in [0.4, 0.5) is 5.69 Å². The highest BCUT2D eigenvalue weighted by molar-refractivity contribution is 8.27. The van der Waals surface area contributed by atoms with Crippen LogP contribution in [-0.2, 0) is 4.79 Å². The van der Waals surface area contributed by atoms with E-state index in [4.69, 9.17) is 9.83 Å². The number of aliphatic imine (C=N–C) groups is 1. The van der Waals surface area contributed by atoms with Crippen molar-refractivity contribution in [3.63, 3.8) is 0 Å². The molecular weight excluding hydrogens is 442 g/mol. The maximum absolute atomic E-state index is 12.7. The van der Waals surface area contributed by atoms with E-state index in [1.165, 1.54) is 28.9 Å². The summed E-state index contributed by atoms with van der Waals surface area (Å²) >= 11 is 1.23. The molecule has 3 aromatic rings. The van der Waals surface area contributed by atoms with Gasteiger partial charge in [0.1, 0.15) is 16.6 Å². The van der Waals surface area contributed by atoms with E-state index in [2.05, 4.69) is 10.1 Å². The fourth-order valence-corrected chi connectivity index (χ4v) is 4.33. The molecule has 5 rings (SSSR count). The predicted octanol–water partition coefficient (Wildman–Crippen LogP) is 4.83. The number of nitrogens with one attached hydrogen (secondary N) is 1. The molecule has 1 aromatic heterocycles. The van der Waals surface area contributed by atoms with Gasteiger partial charge in [-0.2, -0.15) is 15.1 Å². The number of hydrazone groups is 1. The fourth-order valence-electron chi connectivity index (χ4n) is 3.45. The average Bonchev–Trinajstić information content (AvgIpc) is 3.44. The highest BCUT2D eigenvalue weighted by Gasteiger charge is 2.36. The van der Waals surface area contributed by atoms with Crippen LogP contribution in [-0.4, -0.2) is 31.9 Å². The number of amides is 1. The van der Waals surface area contributed by atoms with Crippen molar-refractivity contribution in [3.05, 3.63) is 93.2 Å². The molecule has 0 unspecified atom stereocenters. The molecule has 0 fully saturated rings. The van der Waals surface area contributed by atoms with Gasteiger partial charge in [-0.1, -0.05) is 35.9 Å². The van der Waals surface area contributed by atoms with Crippen molar-refractivity contribution < 1.29 is 14.1 Å². The van der Waals surface area contributed by atoms with Gasteiger partial charge in [0.15, 0.2) is 5.84 Å². The number of carbonyl (C=O) groups excluding carboxylic acids is 1. The second-order valence-electron chi connectivity index (χ2n) is 7.27. The molecule has 9 nitrogen and oxygen atoms in total. The van der Waals surface area contributed by atoms with Crippen LogP contribution in [0.1, 0.15) is 16.9 Å². The Morgan fingerprint density at radius 1 is 1.15 bits per heavy atom. The number of hydrogen-bond acceptors (Lipinski definition) is 7. The zero-order chi connectivity index (χ0) is 23.1. The van der Waals surface area contributed by atoms with Crippen LogP contribution in [0.5, 0.6) is 0 Å². The number of hydrogen-bond donors (Lipinski definition) is 1. The molecule has 0 aliphatic carbocycles. The molecule has 10 heteroatoms. The summed E-state index contributed by atoms with van der Waals surface area (Å²) in [6.45, 7) is 1.97. The minimum atomic E-state index is -0.580. The Morgan fingerprint density at radius 2 is 1.97 bits per heavy atom. The number of amidine groups is 2. The number of nitro groups is 1. The molecule has 0 saturated carbocycles. The van der Waals surface area contributed by atoms with Gasteiger partial charge in [0, 0.05) is 11.6 Å². The number of nitro benzene ring substituents is 1. The third-order valence-corrected chi connectivity index (χ3v) is 5.96. The Balaban J connectivity index is 1.46. The maximum Gasteiger partial charge on any atom is 0.283 e. The predicted molar refractivity (Wildman–Crippen MR) is 126 cm³/mol. The van der Waals surface area contributed by atoms with Gasteiger partial charge in [-0.05, 0) is 49.0 Å². The smallest absolute Gasteiger partial charge is 0.283 e. The van der Waals surface area contributed by atoms with E-state index in [9.17, 15) is 14.9 Å². The second-order valence-corrected chi connectivity index (χ2v) is 8.23. The highest BCUT2D eigenvalue weighted by atomic mass is 32.2. The summed E-state index contributed by atoms with van der Waals surface area (Å²) in [4.78, 5) is 27.6.